The van der Waals surface area contributed by atoms with E-state index in [0.717, 1.165) is 21.5 Å². The Labute approximate surface area is 340 Å². The molecule has 2 heteroatoms. The van der Waals surface area contributed by atoms with Gasteiger partial charge in [0.1, 0.15) is 0 Å². The third-order valence-electron chi connectivity index (χ3n) is 11.8. The SMILES string of the molecule is Brc1ccc(C(c2ccc([N+](c3cc4ccccc4c4ccccc34)c3cc4ccccc4c4ccccc34)cc2)c2cc3ccccc3c3ccccc23)cc1. The van der Waals surface area contributed by atoms with Crippen LogP contribution in [0.1, 0.15) is 22.6 Å². The topological polar surface area (TPSA) is 5.90 Å². The van der Waals surface area contributed by atoms with E-state index in [0.29, 0.717) is 0 Å². The van der Waals surface area contributed by atoms with Crippen molar-refractivity contribution in [3.63, 3.8) is 0 Å². The fourth-order valence-corrected chi connectivity index (χ4v) is 9.46. The molecule has 57 heavy (non-hydrogen) atoms. The summed E-state index contributed by atoms with van der Waals surface area (Å²) in [7, 11) is 0. The molecule has 0 saturated carbocycles. The number of benzene rings is 11. The fraction of sp³-hybridized carbons (Fsp3) is 0.0182. The molecule has 11 rings (SSSR count). The molecule has 0 amide bonds. The molecule has 0 aliphatic heterocycles. The molecule has 11 aromatic rings. The Morgan fingerprint density at radius 2 is 0.667 bits per heavy atom. The quantitative estimate of drug-likeness (QED) is 0.0899. The molecule has 0 bridgehead atoms. The maximum atomic E-state index is 3.71. The van der Waals surface area contributed by atoms with Gasteiger partial charge in [-0.05, 0) is 101 Å². The molecule has 0 N–H and O–H groups in total. The Balaban J connectivity index is 1.17. The molecular weight excluding hydrogens is 755 g/mol. The summed E-state index contributed by atoms with van der Waals surface area (Å²) in [5.74, 6) is 0.0121. The van der Waals surface area contributed by atoms with E-state index < -0.39 is 0 Å². The average molecular weight is 791 g/mol. The Morgan fingerprint density at radius 3 is 1.14 bits per heavy atom. The molecule has 0 fully saturated rings. The van der Waals surface area contributed by atoms with Crippen LogP contribution in [0.4, 0.5) is 17.1 Å². The highest BCUT2D eigenvalue weighted by atomic mass is 79.9. The molecule has 0 saturated heterocycles. The first-order chi connectivity index (χ1) is 28.2. The van der Waals surface area contributed by atoms with E-state index in [-0.39, 0.29) is 5.92 Å². The van der Waals surface area contributed by atoms with Crippen molar-refractivity contribution < 1.29 is 0 Å². The molecule has 1 atom stereocenters. The minimum atomic E-state index is 0.0121. The monoisotopic (exact) mass is 789 g/mol. The second-order valence-corrected chi connectivity index (χ2v) is 15.9. The van der Waals surface area contributed by atoms with Gasteiger partial charge in [0.05, 0.1) is 0 Å². The number of fused-ring (bicyclic) bond motifs is 9. The van der Waals surface area contributed by atoms with Gasteiger partial charge in [-0.2, -0.15) is 0 Å². The van der Waals surface area contributed by atoms with E-state index in [1.807, 2.05) is 0 Å². The number of anilines is 3. The average Bonchev–Trinajstić information content (AvgIpc) is 3.28. The van der Waals surface area contributed by atoms with Crippen molar-refractivity contribution in [2.75, 3.05) is 0 Å². The Morgan fingerprint density at radius 1 is 0.316 bits per heavy atom. The molecule has 11 aromatic carbocycles. The van der Waals surface area contributed by atoms with Crippen molar-refractivity contribution in [3.8, 4) is 0 Å². The molecular formula is C55H36BrN+. The van der Waals surface area contributed by atoms with Crippen LogP contribution >= 0.6 is 15.9 Å². The van der Waals surface area contributed by atoms with Crippen molar-refractivity contribution in [1.82, 2.24) is 4.90 Å². The van der Waals surface area contributed by atoms with E-state index in [9.17, 15) is 0 Å². The third kappa shape index (κ3) is 5.72. The van der Waals surface area contributed by atoms with Crippen LogP contribution in [0.3, 0.4) is 0 Å². The first kappa shape index (κ1) is 33.7. The lowest BCUT2D eigenvalue weighted by Gasteiger charge is -2.23. The van der Waals surface area contributed by atoms with Crippen molar-refractivity contribution >= 4 is 97.6 Å². The van der Waals surface area contributed by atoms with Crippen molar-refractivity contribution in [3.05, 3.63) is 233 Å². The van der Waals surface area contributed by atoms with Gasteiger partial charge in [-0.25, -0.2) is 0 Å². The first-order valence-corrected chi connectivity index (χ1v) is 20.4. The highest BCUT2D eigenvalue weighted by molar-refractivity contribution is 9.10. The van der Waals surface area contributed by atoms with Gasteiger partial charge >= 0.3 is 0 Å². The van der Waals surface area contributed by atoms with Crippen LogP contribution in [-0.4, -0.2) is 0 Å². The summed E-state index contributed by atoms with van der Waals surface area (Å²) >= 11 is 3.71. The summed E-state index contributed by atoms with van der Waals surface area (Å²) in [5.41, 5.74) is 7.22. The largest absolute Gasteiger partial charge is 0.200 e. The summed E-state index contributed by atoms with van der Waals surface area (Å²) in [6.45, 7) is 0. The Hall–Kier alpha value is -6.58. The number of hydrogen-bond acceptors (Lipinski definition) is 1. The Bertz CT molecular complexity index is 3190. The second kappa shape index (κ2) is 13.9. The smallest absolute Gasteiger partial charge is 0.0616 e. The highest BCUT2D eigenvalue weighted by Crippen LogP contribution is 2.47. The summed E-state index contributed by atoms with van der Waals surface area (Å²) < 4.78 is 1.07. The van der Waals surface area contributed by atoms with E-state index in [1.165, 1.54) is 81.3 Å². The lowest BCUT2D eigenvalue weighted by Crippen LogP contribution is -2.13. The Kier molecular flexibility index (Phi) is 8.20. The van der Waals surface area contributed by atoms with Crippen LogP contribution in [0, 0.1) is 0 Å². The minimum absolute atomic E-state index is 0.0121. The van der Waals surface area contributed by atoms with Crippen molar-refractivity contribution in [2.24, 2.45) is 0 Å². The third-order valence-corrected chi connectivity index (χ3v) is 12.3. The van der Waals surface area contributed by atoms with Gasteiger partial charge in [-0.15, -0.1) is 0 Å². The predicted octanol–water partition coefficient (Wildman–Crippen LogP) is 16.0. The van der Waals surface area contributed by atoms with E-state index in [4.69, 9.17) is 0 Å². The van der Waals surface area contributed by atoms with Gasteiger partial charge in [0.2, 0.25) is 11.4 Å². The standard InChI is InChI=1S/C55H36BrN/c56-41-29-25-36(26-30-41)55(52-33-38-13-1-4-16-43(38)46-19-7-8-22-49(46)52)37-27-31-42(32-28-37)57(53-34-39-14-2-5-17-44(39)47-20-9-11-23-50(47)53)54-35-40-15-3-6-18-45(40)48-21-10-12-24-51(48)54/h1-35,55H/q+1. The maximum absolute atomic E-state index is 3.71. The van der Waals surface area contributed by atoms with Crippen molar-refractivity contribution in [1.29, 1.82) is 0 Å². The number of halogens is 1. The molecule has 0 spiro atoms. The molecule has 1 radical (unpaired) electrons. The zero-order valence-corrected chi connectivity index (χ0v) is 32.7. The van der Waals surface area contributed by atoms with Gasteiger partial charge < -0.3 is 0 Å². The lowest BCUT2D eigenvalue weighted by molar-refractivity contribution is 0.940. The van der Waals surface area contributed by atoms with Crippen LogP contribution in [0.2, 0.25) is 0 Å². The molecule has 0 heterocycles. The van der Waals surface area contributed by atoms with Crippen LogP contribution < -0.4 is 4.90 Å². The summed E-state index contributed by atoms with van der Waals surface area (Å²) in [4.78, 5) is 2.49. The fourth-order valence-electron chi connectivity index (χ4n) is 9.19. The first-order valence-electron chi connectivity index (χ1n) is 19.6. The van der Waals surface area contributed by atoms with Gasteiger partial charge in [0.15, 0.2) is 5.69 Å². The zero-order chi connectivity index (χ0) is 37.9. The van der Waals surface area contributed by atoms with Crippen LogP contribution in [0.5, 0.6) is 0 Å². The second-order valence-electron chi connectivity index (χ2n) is 15.0. The molecule has 1 nitrogen and oxygen atoms in total. The zero-order valence-electron chi connectivity index (χ0n) is 31.1. The maximum Gasteiger partial charge on any atom is 0.200 e. The molecule has 267 valence electrons. The predicted molar refractivity (Wildman–Crippen MR) is 247 cm³/mol. The van der Waals surface area contributed by atoms with Gasteiger partial charge in [-0.3, -0.25) is 0 Å². The molecule has 0 aromatic heterocycles. The minimum Gasteiger partial charge on any atom is -0.0616 e. The summed E-state index contributed by atoms with van der Waals surface area (Å²) in [6, 6.07) is 78.3. The molecule has 1 unspecified atom stereocenters. The number of rotatable bonds is 6. The van der Waals surface area contributed by atoms with Gasteiger partial charge in [0.25, 0.3) is 0 Å². The normalized spacial score (nSPS) is 12.4. The summed E-state index contributed by atoms with van der Waals surface area (Å²) in [6.07, 6.45) is 0. The number of hydrogen-bond donors (Lipinski definition) is 0. The van der Waals surface area contributed by atoms with Gasteiger partial charge in [-0.1, -0.05) is 179 Å². The molecule has 0 aliphatic rings. The van der Waals surface area contributed by atoms with E-state index >= 15 is 0 Å². The lowest BCUT2D eigenvalue weighted by atomic mass is 9.81. The molecule has 0 aliphatic carbocycles. The van der Waals surface area contributed by atoms with Crippen LogP contribution in [0.25, 0.3) is 64.6 Å². The number of nitrogens with zero attached hydrogens (tertiary/aromatic N) is 1. The van der Waals surface area contributed by atoms with Crippen molar-refractivity contribution in [2.45, 2.75) is 5.92 Å². The van der Waals surface area contributed by atoms with E-state index in [2.05, 4.69) is 233 Å². The van der Waals surface area contributed by atoms with E-state index in [1.54, 1.807) is 0 Å². The van der Waals surface area contributed by atoms with Crippen LogP contribution in [-0.2, 0) is 0 Å². The van der Waals surface area contributed by atoms with Gasteiger partial charge in [0, 0.05) is 45.4 Å². The summed E-state index contributed by atoms with van der Waals surface area (Å²) in [5, 5.41) is 15.0. The van der Waals surface area contributed by atoms with Crippen LogP contribution in [0.15, 0.2) is 217 Å². The highest BCUT2D eigenvalue weighted by Gasteiger charge is 2.32.